The minimum Gasteiger partial charge on any atom is -0.350 e. The van der Waals surface area contributed by atoms with Crippen molar-refractivity contribution in [2.24, 2.45) is 0 Å². The Morgan fingerprint density at radius 1 is 1.10 bits per heavy atom. The molecule has 29 heavy (non-hydrogen) atoms. The number of nitrogens with one attached hydrogen (secondary N) is 2. The van der Waals surface area contributed by atoms with E-state index in [1.807, 2.05) is 13.8 Å². The predicted molar refractivity (Wildman–Crippen MR) is 108 cm³/mol. The van der Waals surface area contributed by atoms with Crippen LogP contribution >= 0.6 is 0 Å². The molecule has 2 N–H and O–H groups in total. The average Bonchev–Trinajstić information content (AvgIpc) is 3.10. The highest BCUT2D eigenvalue weighted by Gasteiger charge is 2.21. The maximum absolute atomic E-state index is 12.2. The minimum absolute atomic E-state index is 0.0733. The number of hydrogen-bond acceptors (Lipinski definition) is 8. The molecule has 0 fully saturated rings. The molecule has 0 unspecified atom stereocenters. The fourth-order valence-corrected chi connectivity index (χ4v) is 4.23. The van der Waals surface area contributed by atoms with Gasteiger partial charge in [0.05, 0.1) is 11.1 Å². The van der Waals surface area contributed by atoms with Crippen molar-refractivity contribution in [3.05, 3.63) is 41.6 Å². The van der Waals surface area contributed by atoms with Gasteiger partial charge in [-0.1, -0.05) is 32.0 Å². The number of rotatable bonds is 7. The quantitative estimate of drug-likeness (QED) is 0.561. The summed E-state index contributed by atoms with van der Waals surface area (Å²) >= 11 is 0. The van der Waals surface area contributed by atoms with E-state index in [9.17, 15) is 16.8 Å². The molecule has 1 aromatic carbocycles. The Balaban J connectivity index is 2.08. The molecule has 0 aliphatic heterocycles. The van der Waals surface area contributed by atoms with Crippen LogP contribution < -0.4 is 10.0 Å². The third-order valence-electron chi connectivity index (χ3n) is 4.30. The van der Waals surface area contributed by atoms with Crippen LogP contribution in [-0.4, -0.2) is 49.7 Å². The monoisotopic (exact) mass is 438 g/mol. The summed E-state index contributed by atoms with van der Waals surface area (Å²) in [6.07, 6.45) is 2.65. The third kappa shape index (κ3) is 4.23. The summed E-state index contributed by atoms with van der Waals surface area (Å²) in [5, 5.41) is 6.94. The minimum atomic E-state index is -3.66. The zero-order valence-corrected chi connectivity index (χ0v) is 18.0. The zero-order valence-electron chi connectivity index (χ0n) is 16.4. The van der Waals surface area contributed by atoms with Gasteiger partial charge in [0.1, 0.15) is 0 Å². The van der Waals surface area contributed by atoms with E-state index in [0.717, 1.165) is 11.8 Å². The molecule has 3 aromatic rings. The molecule has 2 aromatic heterocycles. The smallest absolute Gasteiger partial charge is 0.252 e. The lowest BCUT2D eigenvalue weighted by Gasteiger charge is -2.12. The normalized spacial score (nSPS) is 12.6. The van der Waals surface area contributed by atoms with Crippen LogP contribution in [0.1, 0.15) is 30.9 Å². The number of aromatic nitrogens is 4. The van der Waals surface area contributed by atoms with Crippen LogP contribution in [0, 0.1) is 0 Å². The second-order valence-electron chi connectivity index (χ2n) is 6.76. The molecule has 0 saturated carbocycles. The Morgan fingerprint density at radius 3 is 2.41 bits per heavy atom. The highest BCUT2D eigenvalue weighted by molar-refractivity contribution is 7.90. The van der Waals surface area contributed by atoms with Gasteiger partial charge in [-0.25, -0.2) is 21.6 Å². The number of anilines is 1. The Kier molecular flexibility index (Phi) is 5.61. The van der Waals surface area contributed by atoms with Crippen molar-refractivity contribution in [1.82, 2.24) is 24.3 Å². The summed E-state index contributed by atoms with van der Waals surface area (Å²) in [6.45, 7) is 3.99. The van der Waals surface area contributed by atoms with Crippen molar-refractivity contribution in [2.75, 3.05) is 18.6 Å². The number of sulfone groups is 1. The first kappa shape index (κ1) is 21.1. The molecule has 0 saturated heterocycles. The van der Waals surface area contributed by atoms with Gasteiger partial charge in [-0.3, -0.25) is 0 Å². The summed E-state index contributed by atoms with van der Waals surface area (Å²) in [6, 6.07) is 6.50. The van der Waals surface area contributed by atoms with Crippen LogP contribution in [0.3, 0.4) is 0 Å². The lowest BCUT2D eigenvalue weighted by Crippen LogP contribution is -2.21. The van der Waals surface area contributed by atoms with Crippen molar-refractivity contribution in [1.29, 1.82) is 0 Å². The van der Waals surface area contributed by atoms with Gasteiger partial charge in [0.25, 0.3) is 5.16 Å². The highest BCUT2D eigenvalue weighted by Crippen LogP contribution is 2.23. The number of sulfonamides is 1. The van der Waals surface area contributed by atoms with Crippen molar-refractivity contribution in [3.63, 3.8) is 0 Å². The Morgan fingerprint density at radius 2 is 1.79 bits per heavy atom. The molecule has 0 bridgehead atoms. The largest absolute Gasteiger partial charge is 0.350 e. The van der Waals surface area contributed by atoms with Gasteiger partial charge >= 0.3 is 0 Å². The second-order valence-corrected chi connectivity index (χ2v) is 10.5. The summed E-state index contributed by atoms with van der Waals surface area (Å²) in [5.74, 6) is 0.225. The van der Waals surface area contributed by atoms with Gasteiger partial charge < -0.3 is 5.32 Å². The average molecular weight is 439 g/mol. The van der Waals surface area contributed by atoms with Crippen LogP contribution in [0.5, 0.6) is 0 Å². The highest BCUT2D eigenvalue weighted by atomic mass is 32.2. The van der Waals surface area contributed by atoms with E-state index in [-0.39, 0.29) is 28.5 Å². The Bertz CT molecular complexity index is 1270. The molecule has 0 aliphatic carbocycles. The topological polar surface area (TPSA) is 135 Å². The van der Waals surface area contributed by atoms with Gasteiger partial charge in [0.2, 0.25) is 25.8 Å². The SMILES string of the molecule is CNS(=O)(=O)c1ccccc1CNc1nc(S(C)(=O)=O)nc2c(C(C)C)cnn12. The molecule has 0 spiro atoms. The molecular formula is C17H22N6O4S2. The fraction of sp³-hybridized carbons (Fsp3) is 0.353. The summed E-state index contributed by atoms with van der Waals surface area (Å²) in [5.41, 5.74) is 1.65. The van der Waals surface area contributed by atoms with E-state index < -0.39 is 19.9 Å². The van der Waals surface area contributed by atoms with E-state index in [0.29, 0.717) is 11.2 Å². The predicted octanol–water partition coefficient (Wildman–Crippen LogP) is 1.17. The first-order chi connectivity index (χ1) is 13.5. The standard InChI is InChI=1S/C17H22N6O4S2/c1-11(2)13-10-20-23-15(13)21-17(28(4,24)25)22-16(23)19-9-12-7-5-6-8-14(12)29(26,27)18-3/h5-8,10-11,18H,9H2,1-4H3,(H,19,21,22). The molecule has 0 atom stereocenters. The first-order valence-electron chi connectivity index (χ1n) is 8.75. The summed E-state index contributed by atoms with van der Waals surface area (Å²) in [7, 11) is -5.98. The van der Waals surface area contributed by atoms with Crippen molar-refractivity contribution in [3.8, 4) is 0 Å². The third-order valence-corrected chi connectivity index (χ3v) is 6.66. The lowest BCUT2D eigenvalue weighted by molar-refractivity contribution is 0.587. The van der Waals surface area contributed by atoms with Gasteiger partial charge in [0, 0.05) is 18.4 Å². The van der Waals surface area contributed by atoms with Crippen molar-refractivity contribution in [2.45, 2.75) is 36.4 Å². The lowest BCUT2D eigenvalue weighted by atomic mass is 10.1. The summed E-state index contributed by atoms with van der Waals surface area (Å²) in [4.78, 5) is 8.38. The summed E-state index contributed by atoms with van der Waals surface area (Å²) < 4.78 is 52.3. The van der Waals surface area contributed by atoms with E-state index in [1.54, 1.807) is 24.4 Å². The number of hydrogen-bond donors (Lipinski definition) is 2. The molecular weight excluding hydrogens is 416 g/mol. The van der Waals surface area contributed by atoms with Gasteiger partial charge in [-0.2, -0.15) is 19.6 Å². The molecule has 10 nitrogen and oxygen atoms in total. The van der Waals surface area contributed by atoms with Crippen LogP contribution in [0.2, 0.25) is 0 Å². The van der Waals surface area contributed by atoms with E-state index in [1.165, 1.54) is 17.6 Å². The van der Waals surface area contributed by atoms with Crippen molar-refractivity contribution < 1.29 is 16.8 Å². The van der Waals surface area contributed by atoms with E-state index in [2.05, 4.69) is 25.1 Å². The van der Waals surface area contributed by atoms with Crippen LogP contribution in [0.25, 0.3) is 5.65 Å². The van der Waals surface area contributed by atoms with Crippen LogP contribution in [-0.2, 0) is 26.4 Å². The maximum Gasteiger partial charge on any atom is 0.252 e. The molecule has 0 amide bonds. The van der Waals surface area contributed by atoms with E-state index in [4.69, 9.17) is 0 Å². The Hall–Kier alpha value is -2.57. The fourth-order valence-electron chi connectivity index (χ4n) is 2.76. The molecule has 0 radical (unpaired) electrons. The second kappa shape index (κ2) is 7.69. The van der Waals surface area contributed by atoms with Gasteiger partial charge in [-0.15, -0.1) is 0 Å². The van der Waals surface area contributed by atoms with Crippen LogP contribution in [0.15, 0.2) is 40.5 Å². The van der Waals surface area contributed by atoms with Gasteiger partial charge in [-0.05, 0) is 24.6 Å². The molecule has 2 heterocycles. The maximum atomic E-state index is 12.2. The molecule has 3 rings (SSSR count). The molecule has 12 heteroatoms. The van der Waals surface area contributed by atoms with Crippen molar-refractivity contribution >= 4 is 31.5 Å². The van der Waals surface area contributed by atoms with Gasteiger partial charge in [0.15, 0.2) is 5.65 Å². The molecule has 0 aliphatic rings. The van der Waals surface area contributed by atoms with Crippen LogP contribution in [0.4, 0.5) is 5.95 Å². The number of nitrogens with zero attached hydrogens (tertiary/aromatic N) is 4. The van der Waals surface area contributed by atoms with E-state index >= 15 is 0 Å². The zero-order chi connectivity index (χ0) is 21.4. The first-order valence-corrected chi connectivity index (χ1v) is 12.1. The Labute approximate surface area is 169 Å². The number of fused-ring (bicyclic) bond motifs is 1. The molecule has 156 valence electrons. The number of benzene rings is 1.